The minimum atomic E-state index is -0.853. The van der Waals surface area contributed by atoms with Crippen molar-refractivity contribution in [2.45, 2.75) is 46.1 Å². The van der Waals surface area contributed by atoms with Crippen LogP contribution < -0.4 is 10.6 Å². The molecule has 0 radical (unpaired) electrons. The molecule has 0 spiro atoms. The van der Waals surface area contributed by atoms with Crippen molar-refractivity contribution >= 4 is 17.5 Å². The van der Waals surface area contributed by atoms with E-state index in [9.17, 15) is 9.59 Å². The van der Waals surface area contributed by atoms with Crippen molar-refractivity contribution < 1.29 is 9.59 Å². The van der Waals surface area contributed by atoms with Gasteiger partial charge in [0.1, 0.15) is 5.41 Å². The van der Waals surface area contributed by atoms with E-state index in [0.717, 1.165) is 17.7 Å². The average Bonchev–Trinajstić information content (AvgIpc) is 3.22. The van der Waals surface area contributed by atoms with Gasteiger partial charge in [0.2, 0.25) is 11.8 Å². The van der Waals surface area contributed by atoms with Crippen molar-refractivity contribution in [1.29, 1.82) is 0 Å². The monoisotopic (exact) mass is 274 g/mol. The molecule has 0 aliphatic heterocycles. The topological polar surface area (TPSA) is 58.2 Å². The molecule has 1 fully saturated rings. The average molecular weight is 274 g/mol. The van der Waals surface area contributed by atoms with Gasteiger partial charge in [-0.05, 0) is 45.2 Å². The highest BCUT2D eigenvalue weighted by Gasteiger charge is 2.56. The van der Waals surface area contributed by atoms with Gasteiger partial charge >= 0.3 is 0 Å². The number of anilines is 1. The third-order valence-electron chi connectivity index (χ3n) is 3.92. The smallest absolute Gasteiger partial charge is 0.240 e. The second kappa shape index (κ2) is 5.65. The summed E-state index contributed by atoms with van der Waals surface area (Å²) in [6.45, 7) is 5.95. The number of hydrogen-bond donors (Lipinski definition) is 2. The zero-order chi connectivity index (χ0) is 14.8. The summed E-state index contributed by atoms with van der Waals surface area (Å²) in [6, 6.07) is 7.70. The van der Waals surface area contributed by atoms with Gasteiger partial charge in [0.05, 0.1) is 0 Å². The molecule has 0 aromatic heterocycles. The van der Waals surface area contributed by atoms with Crippen molar-refractivity contribution in [2.75, 3.05) is 5.32 Å². The molecule has 1 aliphatic carbocycles. The maximum atomic E-state index is 12.3. The van der Waals surface area contributed by atoms with Crippen LogP contribution in [-0.2, 0) is 9.59 Å². The van der Waals surface area contributed by atoms with Crippen LogP contribution in [0.25, 0.3) is 0 Å². The molecule has 0 saturated heterocycles. The lowest BCUT2D eigenvalue weighted by molar-refractivity contribution is -0.134. The van der Waals surface area contributed by atoms with Gasteiger partial charge in [-0.3, -0.25) is 9.59 Å². The fourth-order valence-corrected chi connectivity index (χ4v) is 2.03. The molecule has 1 aromatic rings. The minimum absolute atomic E-state index is 0.104. The number of rotatable bonds is 5. The molecule has 20 heavy (non-hydrogen) atoms. The molecule has 4 nitrogen and oxygen atoms in total. The number of nitrogens with one attached hydrogen (secondary N) is 2. The molecular weight excluding hydrogens is 252 g/mol. The fourth-order valence-electron chi connectivity index (χ4n) is 2.03. The third kappa shape index (κ3) is 3.00. The minimum Gasteiger partial charge on any atom is -0.353 e. The molecule has 108 valence electrons. The molecule has 0 heterocycles. The van der Waals surface area contributed by atoms with Crippen LogP contribution in [-0.4, -0.2) is 17.9 Å². The van der Waals surface area contributed by atoms with E-state index in [1.807, 2.05) is 45.0 Å². The molecule has 1 atom stereocenters. The molecule has 2 amide bonds. The van der Waals surface area contributed by atoms with Gasteiger partial charge in [0.25, 0.3) is 0 Å². The van der Waals surface area contributed by atoms with Gasteiger partial charge in [-0.15, -0.1) is 0 Å². The highest BCUT2D eigenvalue weighted by atomic mass is 16.2. The normalized spacial score (nSPS) is 17.1. The number of benzene rings is 1. The molecular formula is C16H22N2O2. The third-order valence-corrected chi connectivity index (χ3v) is 3.92. The molecule has 2 N–H and O–H groups in total. The number of amides is 2. The Kier molecular flexibility index (Phi) is 4.12. The molecule has 1 aromatic carbocycles. The van der Waals surface area contributed by atoms with E-state index >= 15 is 0 Å². The first kappa shape index (κ1) is 14.6. The highest BCUT2D eigenvalue weighted by molar-refractivity contribution is 6.13. The molecule has 4 heteroatoms. The summed E-state index contributed by atoms with van der Waals surface area (Å²) >= 11 is 0. The van der Waals surface area contributed by atoms with Crippen LogP contribution in [0.2, 0.25) is 0 Å². The molecule has 1 unspecified atom stereocenters. The van der Waals surface area contributed by atoms with Crippen molar-refractivity contribution in [3.8, 4) is 0 Å². The van der Waals surface area contributed by atoms with E-state index in [1.54, 1.807) is 0 Å². The number of carbonyl (C=O) groups excluding carboxylic acids is 2. The Bertz CT molecular complexity index is 504. The Balaban J connectivity index is 2.01. The van der Waals surface area contributed by atoms with Crippen molar-refractivity contribution in [2.24, 2.45) is 5.41 Å². The van der Waals surface area contributed by atoms with Gasteiger partial charge in [0, 0.05) is 11.7 Å². The van der Waals surface area contributed by atoms with Crippen LogP contribution in [0.4, 0.5) is 5.69 Å². The highest BCUT2D eigenvalue weighted by Crippen LogP contribution is 2.47. The zero-order valence-electron chi connectivity index (χ0n) is 12.3. The summed E-state index contributed by atoms with van der Waals surface area (Å²) in [7, 11) is 0. The summed E-state index contributed by atoms with van der Waals surface area (Å²) in [5.74, 6) is -0.335. The van der Waals surface area contributed by atoms with Gasteiger partial charge in [-0.2, -0.15) is 0 Å². The molecule has 2 rings (SSSR count). The van der Waals surface area contributed by atoms with Crippen LogP contribution in [0.15, 0.2) is 24.3 Å². The van der Waals surface area contributed by atoms with Gasteiger partial charge in [-0.25, -0.2) is 0 Å². The molecule has 1 saturated carbocycles. The first-order valence-electron chi connectivity index (χ1n) is 7.17. The largest absolute Gasteiger partial charge is 0.353 e. The first-order valence-corrected chi connectivity index (χ1v) is 7.17. The van der Waals surface area contributed by atoms with E-state index < -0.39 is 5.41 Å². The van der Waals surface area contributed by atoms with E-state index in [4.69, 9.17) is 0 Å². The lowest BCUT2D eigenvalue weighted by atomic mass is 10.0. The van der Waals surface area contributed by atoms with Crippen LogP contribution in [0, 0.1) is 12.3 Å². The lowest BCUT2D eigenvalue weighted by Gasteiger charge is -2.18. The van der Waals surface area contributed by atoms with Crippen molar-refractivity contribution in [3.05, 3.63) is 29.8 Å². The number of hydrogen-bond acceptors (Lipinski definition) is 2. The van der Waals surface area contributed by atoms with Crippen molar-refractivity contribution in [1.82, 2.24) is 5.32 Å². The number of carbonyl (C=O) groups is 2. The second-order valence-electron chi connectivity index (χ2n) is 5.69. The summed E-state index contributed by atoms with van der Waals surface area (Å²) in [5.41, 5.74) is 1.02. The van der Waals surface area contributed by atoms with E-state index in [-0.39, 0.29) is 17.9 Å². The predicted octanol–water partition coefficient (Wildman–Crippen LogP) is 2.63. The van der Waals surface area contributed by atoms with E-state index in [2.05, 4.69) is 10.6 Å². The summed E-state index contributed by atoms with van der Waals surface area (Å²) in [4.78, 5) is 24.5. The summed E-state index contributed by atoms with van der Waals surface area (Å²) in [5, 5.41) is 5.75. The Hall–Kier alpha value is -1.84. The summed E-state index contributed by atoms with van der Waals surface area (Å²) < 4.78 is 0. The molecule has 0 bridgehead atoms. The van der Waals surface area contributed by atoms with Crippen LogP contribution >= 0.6 is 0 Å². The lowest BCUT2D eigenvalue weighted by Crippen LogP contribution is -2.43. The van der Waals surface area contributed by atoms with Crippen molar-refractivity contribution in [3.63, 3.8) is 0 Å². The quantitative estimate of drug-likeness (QED) is 0.811. The standard InChI is InChI=1S/C16H22N2O2/c1-4-12(3)17-14(19)16(9-10-16)15(20)18-13-7-5-11(2)6-8-13/h5-8,12H,4,9-10H2,1-3H3,(H,17,19)(H,18,20). The van der Waals surface area contributed by atoms with E-state index in [1.165, 1.54) is 0 Å². The van der Waals surface area contributed by atoms with Crippen LogP contribution in [0.5, 0.6) is 0 Å². The molecule has 1 aliphatic rings. The van der Waals surface area contributed by atoms with Crippen LogP contribution in [0.3, 0.4) is 0 Å². The maximum Gasteiger partial charge on any atom is 0.240 e. The second-order valence-corrected chi connectivity index (χ2v) is 5.69. The van der Waals surface area contributed by atoms with Gasteiger partial charge in [-0.1, -0.05) is 24.6 Å². The zero-order valence-corrected chi connectivity index (χ0v) is 12.3. The Labute approximate surface area is 119 Å². The first-order chi connectivity index (χ1) is 9.48. The van der Waals surface area contributed by atoms with E-state index in [0.29, 0.717) is 12.8 Å². The fraction of sp³-hybridized carbons (Fsp3) is 0.500. The maximum absolute atomic E-state index is 12.3. The Morgan fingerprint density at radius 2 is 1.80 bits per heavy atom. The summed E-state index contributed by atoms with van der Waals surface area (Å²) in [6.07, 6.45) is 2.13. The Morgan fingerprint density at radius 1 is 1.20 bits per heavy atom. The van der Waals surface area contributed by atoms with Crippen LogP contribution in [0.1, 0.15) is 38.7 Å². The number of aryl methyl sites for hydroxylation is 1. The Morgan fingerprint density at radius 3 is 2.30 bits per heavy atom. The van der Waals surface area contributed by atoms with Gasteiger partial charge in [0.15, 0.2) is 0 Å². The van der Waals surface area contributed by atoms with Gasteiger partial charge < -0.3 is 10.6 Å². The SMILES string of the molecule is CCC(C)NC(=O)C1(C(=O)Nc2ccc(C)cc2)CC1. The predicted molar refractivity (Wildman–Crippen MR) is 79.4 cm³/mol.